The zero-order chi connectivity index (χ0) is 13.3. The van der Waals surface area contributed by atoms with Gasteiger partial charge in [-0.3, -0.25) is 0 Å². The molecule has 1 aromatic heterocycles. The highest BCUT2D eigenvalue weighted by Gasteiger charge is 2.38. The van der Waals surface area contributed by atoms with E-state index >= 15 is 0 Å². The van der Waals surface area contributed by atoms with Gasteiger partial charge in [0.25, 0.3) is 0 Å². The molecule has 2 atom stereocenters. The summed E-state index contributed by atoms with van der Waals surface area (Å²) in [7, 11) is 0. The zero-order valence-corrected chi connectivity index (χ0v) is 10.9. The summed E-state index contributed by atoms with van der Waals surface area (Å²) in [5.41, 5.74) is 0.547. The van der Waals surface area contributed by atoms with E-state index in [4.69, 9.17) is 21.1 Å². The molecule has 0 aromatic carbocycles. The molecule has 2 heterocycles. The van der Waals surface area contributed by atoms with Crippen LogP contribution in [0.4, 0.5) is 4.39 Å². The molecule has 1 aromatic rings. The monoisotopic (exact) mass is 275 g/mol. The highest BCUT2D eigenvalue weighted by molar-refractivity contribution is 6.29. The van der Waals surface area contributed by atoms with Gasteiger partial charge in [0, 0.05) is 12.1 Å². The van der Waals surface area contributed by atoms with Gasteiger partial charge in [-0.1, -0.05) is 11.6 Å². The summed E-state index contributed by atoms with van der Waals surface area (Å²) < 4.78 is 24.5. The second-order valence-electron chi connectivity index (χ2n) is 4.70. The molecule has 18 heavy (non-hydrogen) atoms. The van der Waals surface area contributed by atoms with Crippen molar-refractivity contribution in [1.29, 1.82) is 0 Å². The van der Waals surface area contributed by atoms with E-state index in [0.717, 1.165) is 0 Å². The first kappa shape index (κ1) is 13.7. The molecule has 6 heteroatoms. The number of nitrogens with zero attached hydrogens (tertiary/aromatic N) is 1. The highest BCUT2D eigenvalue weighted by atomic mass is 35.5. The van der Waals surface area contributed by atoms with Gasteiger partial charge in [0.2, 0.25) is 0 Å². The second kappa shape index (κ2) is 5.09. The average molecular weight is 276 g/mol. The Balaban J connectivity index is 2.21. The van der Waals surface area contributed by atoms with Gasteiger partial charge in [-0.25, -0.2) is 9.37 Å². The van der Waals surface area contributed by atoms with Crippen LogP contribution in [0.3, 0.4) is 0 Å². The fourth-order valence-corrected chi connectivity index (χ4v) is 2.09. The Bertz CT molecular complexity index is 441. The van der Waals surface area contributed by atoms with Gasteiger partial charge >= 0.3 is 0 Å². The summed E-state index contributed by atoms with van der Waals surface area (Å²) in [5, 5.41) is 9.27. The molecule has 0 aliphatic carbocycles. The third-order valence-electron chi connectivity index (χ3n) is 2.92. The van der Waals surface area contributed by atoms with Crippen LogP contribution in [0.2, 0.25) is 5.15 Å². The van der Waals surface area contributed by atoms with E-state index < -0.39 is 11.6 Å². The fraction of sp³-hybridized carbons (Fsp3) is 0.583. The molecular formula is C12H15ClFNO3. The summed E-state index contributed by atoms with van der Waals surface area (Å²) in [6, 6.07) is 1.27. The maximum Gasteiger partial charge on any atom is 0.164 e. The molecule has 0 spiro atoms. The predicted molar refractivity (Wildman–Crippen MR) is 63.9 cm³/mol. The lowest BCUT2D eigenvalue weighted by molar-refractivity contribution is -0.142. The van der Waals surface area contributed by atoms with Crippen molar-refractivity contribution < 1.29 is 19.0 Å². The van der Waals surface area contributed by atoms with Gasteiger partial charge in [0.05, 0.1) is 19.3 Å². The van der Waals surface area contributed by atoms with Crippen LogP contribution >= 0.6 is 11.6 Å². The topological polar surface area (TPSA) is 51.6 Å². The number of aliphatic hydroxyl groups excluding tert-OH is 1. The van der Waals surface area contributed by atoms with Crippen molar-refractivity contribution in [1.82, 2.24) is 4.98 Å². The molecule has 0 saturated carbocycles. The minimum absolute atomic E-state index is 0.174. The Kier molecular flexibility index (Phi) is 3.87. The smallest absolute Gasteiger partial charge is 0.164 e. The summed E-state index contributed by atoms with van der Waals surface area (Å²) in [6.07, 6.45) is 1.12. The Morgan fingerprint density at radius 1 is 1.67 bits per heavy atom. The van der Waals surface area contributed by atoms with Gasteiger partial charge in [0.1, 0.15) is 0 Å². The van der Waals surface area contributed by atoms with Crippen molar-refractivity contribution in [2.75, 3.05) is 13.2 Å². The van der Waals surface area contributed by atoms with Crippen molar-refractivity contribution in [3.05, 3.63) is 28.8 Å². The fourth-order valence-electron chi connectivity index (χ4n) is 1.99. The van der Waals surface area contributed by atoms with Gasteiger partial charge in [-0.2, -0.15) is 0 Å². The molecule has 4 nitrogen and oxygen atoms in total. The van der Waals surface area contributed by atoms with Crippen molar-refractivity contribution in [3.63, 3.8) is 0 Å². The highest BCUT2D eigenvalue weighted by Crippen LogP contribution is 2.32. The number of hydrogen-bond donors (Lipinski definition) is 1. The Morgan fingerprint density at radius 3 is 2.89 bits per heavy atom. The van der Waals surface area contributed by atoms with Crippen LogP contribution in [0.5, 0.6) is 0 Å². The largest absolute Gasteiger partial charge is 0.396 e. The van der Waals surface area contributed by atoms with E-state index in [2.05, 4.69) is 4.98 Å². The minimum Gasteiger partial charge on any atom is -0.396 e. The van der Waals surface area contributed by atoms with E-state index in [9.17, 15) is 9.50 Å². The first-order valence-corrected chi connectivity index (χ1v) is 6.04. The van der Waals surface area contributed by atoms with Gasteiger partial charge < -0.3 is 14.6 Å². The van der Waals surface area contributed by atoms with Crippen LogP contribution in [-0.2, 0) is 9.47 Å². The van der Waals surface area contributed by atoms with Crippen LogP contribution in [0.15, 0.2) is 12.3 Å². The van der Waals surface area contributed by atoms with Crippen LogP contribution in [0.25, 0.3) is 0 Å². The van der Waals surface area contributed by atoms with Crippen molar-refractivity contribution in [3.8, 4) is 0 Å². The van der Waals surface area contributed by atoms with Crippen molar-refractivity contribution in [2.24, 2.45) is 0 Å². The third-order valence-corrected chi connectivity index (χ3v) is 3.20. The molecule has 2 rings (SSSR count). The SMILES string of the molecule is CC1(C)OCC(C(CO)c2cnc(Cl)c(F)c2)O1. The van der Waals surface area contributed by atoms with Crippen molar-refractivity contribution in [2.45, 2.75) is 31.7 Å². The maximum atomic E-state index is 13.4. The molecule has 1 fully saturated rings. The van der Waals surface area contributed by atoms with E-state index in [1.807, 2.05) is 0 Å². The Labute approximate surface area is 110 Å². The summed E-state index contributed by atoms with van der Waals surface area (Å²) in [5.74, 6) is -1.67. The predicted octanol–water partition coefficient (Wildman–Crippen LogP) is 2.10. The van der Waals surface area contributed by atoms with Crippen molar-refractivity contribution >= 4 is 11.6 Å². The Hall–Kier alpha value is -0.750. The minimum atomic E-state index is -0.684. The first-order chi connectivity index (χ1) is 8.43. The third kappa shape index (κ3) is 2.80. The number of ether oxygens (including phenoxy) is 2. The molecule has 0 bridgehead atoms. The van der Waals surface area contributed by atoms with Gasteiger partial charge in [-0.15, -0.1) is 0 Å². The number of hydrogen-bond acceptors (Lipinski definition) is 4. The van der Waals surface area contributed by atoms with E-state index in [-0.39, 0.29) is 23.8 Å². The Morgan fingerprint density at radius 2 is 2.39 bits per heavy atom. The second-order valence-corrected chi connectivity index (χ2v) is 5.06. The standard InChI is InChI=1S/C12H15ClFNO3/c1-12(2)17-6-10(18-12)8(5-16)7-3-9(14)11(13)15-4-7/h3-4,8,10,16H,5-6H2,1-2H3. The number of halogens is 2. The van der Waals surface area contributed by atoms with Gasteiger partial charge in [-0.05, 0) is 25.5 Å². The van der Waals surface area contributed by atoms with Crippen LogP contribution in [0.1, 0.15) is 25.3 Å². The molecule has 2 unspecified atom stereocenters. The maximum absolute atomic E-state index is 13.4. The first-order valence-electron chi connectivity index (χ1n) is 5.66. The van der Waals surface area contributed by atoms with Crippen LogP contribution in [0, 0.1) is 5.82 Å². The van der Waals surface area contributed by atoms with E-state index in [0.29, 0.717) is 12.2 Å². The lowest BCUT2D eigenvalue weighted by atomic mass is 9.96. The lowest BCUT2D eigenvalue weighted by Crippen LogP contribution is -2.27. The molecule has 0 radical (unpaired) electrons. The van der Waals surface area contributed by atoms with Crippen LogP contribution < -0.4 is 0 Å². The van der Waals surface area contributed by atoms with Gasteiger partial charge in [0.15, 0.2) is 16.8 Å². The molecule has 100 valence electrons. The molecule has 0 amide bonds. The van der Waals surface area contributed by atoms with Crippen LogP contribution in [-0.4, -0.2) is 35.2 Å². The molecule has 1 aliphatic rings. The number of rotatable bonds is 3. The molecule has 1 aliphatic heterocycles. The normalized spacial score (nSPS) is 24.2. The molecular weight excluding hydrogens is 261 g/mol. The van der Waals surface area contributed by atoms with E-state index in [1.54, 1.807) is 13.8 Å². The van der Waals surface area contributed by atoms with E-state index in [1.165, 1.54) is 12.3 Å². The molecule has 1 saturated heterocycles. The number of aliphatic hydroxyl groups is 1. The summed E-state index contributed by atoms with van der Waals surface area (Å²) >= 11 is 5.53. The quantitative estimate of drug-likeness (QED) is 0.859. The number of pyridine rings is 1. The summed E-state index contributed by atoms with van der Waals surface area (Å²) in [4.78, 5) is 3.74. The lowest BCUT2D eigenvalue weighted by Gasteiger charge is -2.22. The number of aromatic nitrogens is 1. The average Bonchev–Trinajstić information content (AvgIpc) is 2.65. The summed E-state index contributed by atoms with van der Waals surface area (Å²) in [6.45, 7) is 3.76. The molecule has 1 N–H and O–H groups in total. The zero-order valence-electron chi connectivity index (χ0n) is 10.2.